The van der Waals surface area contributed by atoms with Crippen molar-refractivity contribution in [2.45, 2.75) is 32.0 Å². The summed E-state index contributed by atoms with van der Waals surface area (Å²) >= 11 is 0.987. The smallest absolute Gasteiger partial charge is 0.338 e. The lowest BCUT2D eigenvalue weighted by molar-refractivity contribution is -0.140. The highest BCUT2D eigenvalue weighted by atomic mass is 32.1. The van der Waals surface area contributed by atoms with E-state index < -0.39 is 11.9 Å². The maximum absolute atomic E-state index is 13.0. The Morgan fingerprint density at radius 1 is 1.09 bits per heavy atom. The van der Waals surface area contributed by atoms with Crippen LogP contribution in [0.1, 0.15) is 33.8 Å². The van der Waals surface area contributed by atoms with Gasteiger partial charge >= 0.3 is 12.2 Å². The number of likely N-dealkylation sites (tertiary alicyclic amines) is 1. The summed E-state index contributed by atoms with van der Waals surface area (Å²) in [6.45, 7) is 2.62. The highest BCUT2D eigenvalue weighted by Crippen LogP contribution is 2.35. The first kappa shape index (κ1) is 22.1. The van der Waals surface area contributed by atoms with Crippen LogP contribution in [0.2, 0.25) is 0 Å². The van der Waals surface area contributed by atoms with Gasteiger partial charge in [0.25, 0.3) is 5.91 Å². The number of hydrogen-bond acceptors (Lipinski definition) is 4. The van der Waals surface area contributed by atoms with Gasteiger partial charge in [-0.3, -0.25) is 4.79 Å². The number of nitrogens with zero attached hydrogens (tertiary/aromatic N) is 2. The predicted molar refractivity (Wildman–Crippen MR) is 117 cm³/mol. The highest BCUT2D eigenvalue weighted by Gasteiger charge is 2.33. The maximum atomic E-state index is 13.0. The number of urea groups is 1. The number of hydrogen-bond donors (Lipinski definition) is 2. The molecule has 3 aromatic rings. The Hall–Kier alpha value is -3.14. The van der Waals surface area contributed by atoms with Gasteiger partial charge in [-0.25, -0.2) is 9.78 Å². The Morgan fingerprint density at radius 3 is 2.44 bits per heavy atom. The largest absolute Gasteiger partial charge is 0.433 e. The average Bonchev–Trinajstić information content (AvgIpc) is 3.10. The van der Waals surface area contributed by atoms with E-state index in [9.17, 15) is 22.8 Å². The average molecular weight is 462 g/mol. The number of aromatic nitrogens is 1. The van der Waals surface area contributed by atoms with E-state index in [1.807, 2.05) is 18.2 Å². The molecular weight excluding hydrogens is 441 g/mol. The Balaban J connectivity index is 1.38. The maximum Gasteiger partial charge on any atom is 0.433 e. The van der Waals surface area contributed by atoms with Crippen LogP contribution in [0.3, 0.4) is 0 Å². The Kier molecular flexibility index (Phi) is 6.05. The van der Waals surface area contributed by atoms with Crippen molar-refractivity contribution in [3.63, 3.8) is 0 Å². The van der Waals surface area contributed by atoms with Crippen LogP contribution in [0.15, 0.2) is 42.5 Å². The molecule has 0 unspecified atom stereocenters. The van der Waals surface area contributed by atoms with Gasteiger partial charge in [-0.05, 0) is 49.6 Å². The zero-order chi connectivity index (χ0) is 22.9. The van der Waals surface area contributed by atoms with Crippen molar-refractivity contribution in [2.24, 2.45) is 0 Å². The van der Waals surface area contributed by atoms with Gasteiger partial charge in [-0.15, -0.1) is 11.3 Å². The molecule has 4 rings (SSSR count). The van der Waals surface area contributed by atoms with E-state index in [-0.39, 0.29) is 22.8 Å². The summed E-state index contributed by atoms with van der Waals surface area (Å²) in [7, 11) is 0. The molecule has 1 fully saturated rings. The second-order valence-electron chi connectivity index (χ2n) is 7.63. The molecule has 0 bridgehead atoms. The van der Waals surface area contributed by atoms with Crippen molar-refractivity contribution < 1.29 is 22.8 Å². The Bertz CT molecular complexity index is 1140. The molecule has 2 aromatic heterocycles. The molecule has 0 aliphatic carbocycles. The quantitative estimate of drug-likeness (QED) is 0.572. The second kappa shape index (κ2) is 8.78. The number of amides is 3. The molecule has 1 aromatic carbocycles. The zero-order valence-electron chi connectivity index (χ0n) is 17.2. The molecule has 1 saturated heterocycles. The zero-order valence-corrected chi connectivity index (χ0v) is 18.0. The van der Waals surface area contributed by atoms with E-state index in [0.29, 0.717) is 47.4 Å². The van der Waals surface area contributed by atoms with Crippen LogP contribution in [0.25, 0.3) is 10.2 Å². The van der Waals surface area contributed by atoms with Crippen molar-refractivity contribution in [1.29, 1.82) is 0 Å². The van der Waals surface area contributed by atoms with E-state index in [0.717, 1.165) is 17.4 Å². The molecule has 0 saturated carbocycles. The Labute approximate surface area is 186 Å². The minimum absolute atomic E-state index is 0.0673. The Morgan fingerprint density at radius 2 is 1.78 bits per heavy atom. The number of nitrogens with one attached hydrogen (secondary N) is 2. The van der Waals surface area contributed by atoms with Gasteiger partial charge in [0.2, 0.25) is 0 Å². The third kappa shape index (κ3) is 4.69. The number of para-hydroxylation sites is 1. The van der Waals surface area contributed by atoms with Crippen LogP contribution in [-0.4, -0.2) is 41.0 Å². The number of halogens is 3. The van der Waals surface area contributed by atoms with Crippen LogP contribution in [0.4, 0.5) is 23.7 Å². The highest BCUT2D eigenvalue weighted by molar-refractivity contribution is 7.20. The van der Waals surface area contributed by atoms with Gasteiger partial charge in [0, 0.05) is 30.2 Å². The number of aryl methyl sites for hydroxylation is 1. The molecule has 168 valence electrons. The molecule has 1 aliphatic rings. The fourth-order valence-electron chi connectivity index (χ4n) is 3.71. The molecule has 0 radical (unpaired) electrons. The van der Waals surface area contributed by atoms with Crippen LogP contribution < -0.4 is 10.6 Å². The molecule has 1 aliphatic heterocycles. The third-order valence-electron chi connectivity index (χ3n) is 5.44. The first-order chi connectivity index (χ1) is 15.2. The first-order valence-corrected chi connectivity index (χ1v) is 10.9. The molecule has 0 spiro atoms. The monoisotopic (exact) mass is 462 g/mol. The fraction of sp³-hybridized carbons (Fsp3) is 0.318. The van der Waals surface area contributed by atoms with Crippen LogP contribution >= 0.6 is 11.3 Å². The number of alkyl halides is 3. The van der Waals surface area contributed by atoms with Gasteiger partial charge in [0.05, 0.1) is 4.88 Å². The van der Waals surface area contributed by atoms with Gasteiger partial charge < -0.3 is 15.5 Å². The lowest BCUT2D eigenvalue weighted by Gasteiger charge is -2.32. The molecule has 32 heavy (non-hydrogen) atoms. The standard InChI is InChI=1S/C22H21F3N4O2S/c1-13-16-7-8-17(22(23,24)25)28-19(16)32-18(13)20(30)29-11-9-15(10-12-29)27-21(31)26-14-5-3-2-4-6-14/h2-8,15H,9-12H2,1H3,(H2,26,27,31). The van der Waals surface area contributed by atoms with Gasteiger partial charge in [0.1, 0.15) is 10.5 Å². The van der Waals surface area contributed by atoms with Gasteiger partial charge in [-0.1, -0.05) is 18.2 Å². The molecule has 10 heteroatoms. The number of anilines is 1. The number of piperidine rings is 1. The molecule has 2 N–H and O–H groups in total. The lowest BCUT2D eigenvalue weighted by Crippen LogP contribution is -2.47. The van der Waals surface area contributed by atoms with Crippen molar-refractivity contribution in [1.82, 2.24) is 15.2 Å². The molecule has 3 heterocycles. The molecule has 0 atom stereocenters. The molecule has 6 nitrogen and oxygen atoms in total. The number of benzene rings is 1. The van der Waals surface area contributed by atoms with Crippen LogP contribution in [-0.2, 0) is 6.18 Å². The number of pyridine rings is 1. The predicted octanol–water partition coefficient (Wildman–Crippen LogP) is 5.05. The molecule has 3 amide bonds. The molecular formula is C22H21F3N4O2S. The normalized spacial score (nSPS) is 15.1. The topological polar surface area (TPSA) is 74.3 Å². The number of rotatable bonds is 3. The van der Waals surface area contributed by atoms with E-state index >= 15 is 0 Å². The van der Waals surface area contributed by atoms with E-state index in [4.69, 9.17) is 0 Å². The fourth-order valence-corrected chi connectivity index (χ4v) is 4.85. The first-order valence-electron chi connectivity index (χ1n) is 10.1. The summed E-state index contributed by atoms with van der Waals surface area (Å²) in [5.41, 5.74) is 0.366. The number of carbonyl (C=O) groups is 2. The van der Waals surface area contributed by atoms with Gasteiger partial charge in [-0.2, -0.15) is 13.2 Å². The van der Waals surface area contributed by atoms with E-state index in [1.54, 1.807) is 24.0 Å². The summed E-state index contributed by atoms with van der Waals surface area (Å²) in [5.74, 6) is -0.216. The van der Waals surface area contributed by atoms with Crippen LogP contribution in [0, 0.1) is 6.92 Å². The SMILES string of the molecule is Cc1c(C(=O)N2CCC(NC(=O)Nc3ccccc3)CC2)sc2nc(C(F)(F)F)ccc12. The second-order valence-corrected chi connectivity index (χ2v) is 8.63. The summed E-state index contributed by atoms with van der Waals surface area (Å²) in [4.78, 5) is 31.2. The number of fused-ring (bicyclic) bond motifs is 1. The third-order valence-corrected chi connectivity index (χ3v) is 6.63. The number of carbonyl (C=O) groups excluding carboxylic acids is 2. The minimum atomic E-state index is -4.53. The lowest BCUT2D eigenvalue weighted by atomic mass is 10.0. The van der Waals surface area contributed by atoms with Crippen molar-refractivity contribution in [3.8, 4) is 0 Å². The van der Waals surface area contributed by atoms with Crippen LogP contribution in [0.5, 0.6) is 0 Å². The minimum Gasteiger partial charge on any atom is -0.338 e. The summed E-state index contributed by atoms with van der Waals surface area (Å²) in [5, 5.41) is 6.24. The van der Waals surface area contributed by atoms with Crippen molar-refractivity contribution >= 4 is 39.2 Å². The van der Waals surface area contributed by atoms with Gasteiger partial charge in [0.15, 0.2) is 0 Å². The summed E-state index contributed by atoms with van der Waals surface area (Å²) < 4.78 is 38.9. The summed E-state index contributed by atoms with van der Waals surface area (Å²) in [6.07, 6.45) is -3.35. The van der Waals surface area contributed by atoms with E-state index in [2.05, 4.69) is 15.6 Å². The van der Waals surface area contributed by atoms with Crippen molar-refractivity contribution in [3.05, 3.63) is 58.6 Å². The number of thiophene rings is 1. The van der Waals surface area contributed by atoms with E-state index in [1.165, 1.54) is 6.07 Å². The van der Waals surface area contributed by atoms with Crippen molar-refractivity contribution in [2.75, 3.05) is 18.4 Å². The summed E-state index contributed by atoms with van der Waals surface area (Å²) in [6, 6.07) is 11.0.